The number of phenolic OH excluding ortho intramolecular Hbond substituents is 1. The van der Waals surface area contributed by atoms with Crippen molar-refractivity contribution in [3.63, 3.8) is 0 Å². The lowest BCUT2D eigenvalue weighted by atomic mass is 9.99. The number of para-hydroxylation sites is 1. The third kappa shape index (κ3) is 4.21. The molecular formula is C28H23N7O. The lowest BCUT2D eigenvalue weighted by Gasteiger charge is -2.13. The van der Waals surface area contributed by atoms with Crippen molar-refractivity contribution < 1.29 is 5.11 Å². The minimum atomic E-state index is 0.130. The summed E-state index contributed by atoms with van der Waals surface area (Å²) < 4.78 is 3.74. The van der Waals surface area contributed by atoms with E-state index < -0.39 is 0 Å². The number of pyridine rings is 1. The Bertz CT molecular complexity index is 1640. The lowest BCUT2D eigenvalue weighted by Crippen LogP contribution is -2.06. The summed E-state index contributed by atoms with van der Waals surface area (Å²) in [6.07, 6.45) is 7.28. The van der Waals surface area contributed by atoms with E-state index in [1.165, 1.54) is 0 Å². The van der Waals surface area contributed by atoms with Gasteiger partial charge in [0.15, 0.2) is 0 Å². The Morgan fingerprint density at radius 2 is 1.83 bits per heavy atom. The van der Waals surface area contributed by atoms with E-state index in [1.807, 2.05) is 77.8 Å². The minimum absolute atomic E-state index is 0.130. The normalized spacial score (nSPS) is 11.1. The summed E-state index contributed by atoms with van der Waals surface area (Å²) in [7, 11) is 0. The number of hydrogen-bond acceptors (Lipinski definition) is 6. The molecule has 0 bridgehead atoms. The number of nitrogens with zero attached hydrogens (tertiary/aromatic N) is 6. The number of rotatable bonds is 5. The highest BCUT2D eigenvalue weighted by Crippen LogP contribution is 2.36. The summed E-state index contributed by atoms with van der Waals surface area (Å²) in [5.74, 6) is 1.05. The molecule has 5 rings (SSSR count). The first kappa shape index (κ1) is 22.6. The van der Waals surface area contributed by atoms with Crippen molar-refractivity contribution in [3.8, 4) is 34.5 Å². The average molecular weight is 474 g/mol. The van der Waals surface area contributed by atoms with Crippen molar-refractivity contribution in [2.45, 2.75) is 13.8 Å². The van der Waals surface area contributed by atoms with Gasteiger partial charge in [0.05, 0.1) is 22.8 Å². The van der Waals surface area contributed by atoms with E-state index in [9.17, 15) is 10.4 Å². The quantitative estimate of drug-likeness (QED) is 0.368. The van der Waals surface area contributed by atoms with Gasteiger partial charge in [-0.3, -0.25) is 4.57 Å². The highest BCUT2D eigenvalue weighted by molar-refractivity contribution is 5.84. The van der Waals surface area contributed by atoms with Crippen LogP contribution in [0, 0.1) is 25.2 Å². The molecule has 0 atom stereocenters. The van der Waals surface area contributed by atoms with Gasteiger partial charge in [0.25, 0.3) is 0 Å². The molecule has 0 saturated heterocycles. The largest absolute Gasteiger partial charge is 0.508 e. The number of benzene rings is 2. The SMILES string of the molecule is Cc1cn(-c2c(-c3cc(/C=C/c4cccc(O)c4)nc(N)c3C#N)c(C)nn2-c2ccccc2)cn1. The maximum Gasteiger partial charge on any atom is 0.149 e. The molecule has 0 aliphatic heterocycles. The standard InChI is InChI=1S/C28H23N7O/c1-18-16-34(17-31-18)28-26(19(2)33-35(28)22-8-4-3-5-9-22)24-14-21(32-27(30)25(24)15-29)12-11-20-7-6-10-23(36)13-20/h3-14,16-17,36H,1-2H3,(H2,30,32)/b12-11+. The van der Waals surface area contributed by atoms with E-state index in [-0.39, 0.29) is 17.1 Å². The number of hydrogen-bond donors (Lipinski definition) is 2. The molecule has 8 nitrogen and oxygen atoms in total. The van der Waals surface area contributed by atoms with Crippen LogP contribution in [0.3, 0.4) is 0 Å². The molecule has 3 heterocycles. The van der Waals surface area contributed by atoms with Crippen LogP contribution in [0.15, 0.2) is 73.2 Å². The Kier molecular flexibility index (Phi) is 5.80. The second kappa shape index (κ2) is 9.24. The molecule has 0 saturated carbocycles. The predicted molar refractivity (Wildman–Crippen MR) is 140 cm³/mol. The van der Waals surface area contributed by atoms with Crippen molar-refractivity contribution in [2.24, 2.45) is 0 Å². The third-order valence-electron chi connectivity index (χ3n) is 5.76. The van der Waals surface area contributed by atoms with Crippen LogP contribution in [-0.2, 0) is 0 Å². The fraction of sp³-hybridized carbons (Fsp3) is 0.0714. The molecular weight excluding hydrogens is 450 g/mol. The van der Waals surface area contributed by atoms with Crippen molar-refractivity contribution in [2.75, 3.05) is 5.73 Å². The van der Waals surface area contributed by atoms with Gasteiger partial charge < -0.3 is 10.8 Å². The second-order valence-electron chi connectivity index (χ2n) is 8.35. The summed E-state index contributed by atoms with van der Waals surface area (Å²) in [5.41, 5.74) is 11.8. The van der Waals surface area contributed by atoms with Gasteiger partial charge in [0, 0.05) is 17.3 Å². The zero-order valence-electron chi connectivity index (χ0n) is 19.8. The van der Waals surface area contributed by atoms with E-state index in [0.717, 1.165) is 34.0 Å². The van der Waals surface area contributed by atoms with E-state index in [2.05, 4.69) is 16.0 Å². The number of aryl methyl sites for hydroxylation is 2. The lowest BCUT2D eigenvalue weighted by molar-refractivity contribution is 0.475. The van der Waals surface area contributed by atoms with Gasteiger partial charge in [-0.1, -0.05) is 36.4 Å². The van der Waals surface area contributed by atoms with Gasteiger partial charge in [-0.2, -0.15) is 10.4 Å². The molecule has 176 valence electrons. The number of anilines is 1. The number of phenols is 1. The van der Waals surface area contributed by atoms with Gasteiger partial charge in [-0.05, 0) is 55.8 Å². The fourth-order valence-corrected chi connectivity index (χ4v) is 4.15. The zero-order chi connectivity index (χ0) is 25.2. The smallest absolute Gasteiger partial charge is 0.149 e. The van der Waals surface area contributed by atoms with Gasteiger partial charge in [0.1, 0.15) is 35.3 Å². The zero-order valence-corrected chi connectivity index (χ0v) is 19.8. The molecule has 0 aliphatic rings. The molecule has 2 aromatic carbocycles. The Hall–Kier alpha value is -5.16. The molecule has 0 radical (unpaired) electrons. The van der Waals surface area contributed by atoms with Gasteiger partial charge in [0.2, 0.25) is 0 Å². The number of imidazole rings is 1. The van der Waals surface area contributed by atoms with Crippen molar-refractivity contribution >= 4 is 18.0 Å². The average Bonchev–Trinajstić information content (AvgIpc) is 3.45. The van der Waals surface area contributed by atoms with Crippen LogP contribution < -0.4 is 5.73 Å². The Balaban J connectivity index is 1.74. The van der Waals surface area contributed by atoms with Crippen molar-refractivity contribution in [1.29, 1.82) is 5.26 Å². The van der Waals surface area contributed by atoms with Gasteiger partial charge >= 0.3 is 0 Å². The Morgan fingerprint density at radius 1 is 1.03 bits per heavy atom. The first-order valence-electron chi connectivity index (χ1n) is 11.3. The molecule has 5 aromatic rings. The topological polar surface area (TPSA) is 119 Å². The molecule has 0 aliphatic carbocycles. The Morgan fingerprint density at radius 3 is 2.53 bits per heavy atom. The minimum Gasteiger partial charge on any atom is -0.508 e. The number of aromatic hydroxyl groups is 1. The van der Waals surface area contributed by atoms with Crippen LogP contribution in [0.2, 0.25) is 0 Å². The highest BCUT2D eigenvalue weighted by atomic mass is 16.3. The van der Waals surface area contributed by atoms with E-state index in [0.29, 0.717) is 11.3 Å². The summed E-state index contributed by atoms with van der Waals surface area (Å²) in [5, 5.41) is 24.6. The van der Waals surface area contributed by atoms with Crippen LogP contribution in [0.5, 0.6) is 5.75 Å². The van der Waals surface area contributed by atoms with Crippen LogP contribution in [0.4, 0.5) is 5.82 Å². The third-order valence-corrected chi connectivity index (χ3v) is 5.76. The monoisotopic (exact) mass is 473 g/mol. The summed E-state index contributed by atoms with van der Waals surface area (Å²) in [4.78, 5) is 8.84. The molecule has 3 N–H and O–H groups in total. The van der Waals surface area contributed by atoms with Crippen LogP contribution in [-0.4, -0.2) is 29.4 Å². The van der Waals surface area contributed by atoms with Crippen LogP contribution in [0.25, 0.3) is 34.8 Å². The highest BCUT2D eigenvalue weighted by Gasteiger charge is 2.24. The molecule has 0 amide bonds. The number of nitrogens with two attached hydrogens (primary N) is 1. The molecule has 36 heavy (non-hydrogen) atoms. The van der Waals surface area contributed by atoms with E-state index >= 15 is 0 Å². The van der Waals surface area contributed by atoms with Crippen LogP contribution in [0.1, 0.15) is 28.2 Å². The summed E-state index contributed by atoms with van der Waals surface area (Å²) in [6, 6.07) is 20.7. The molecule has 0 spiro atoms. The first-order valence-corrected chi connectivity index (χ1v) is 11.3. The predicted octanol–water partition coefficient (Wildman–Crippen LogP) is 5.07. The second-order valence-corrected chi connectivity index (χ2v) is 8.35. The molecule has 0 fully saturated rings. The Labute approximate surface area is 208 Å². The maximum atomic E-state index is 10.0. The molecule has 3 aromatic heterocycles. The van der Waals surface area contributed by atoms with Crippen LogP contribution >= 0.6 is 0 Å². The van der Waals surface area contributed by atoms with E-state index in [4.69, 9.17) is 10.8 Å². The summed E-state index contributed by atoms with van der Waals surface area (Å²) in [6.45, 7) is 3.82. The van der Waals surface area contributed by atoms with Crippen molar-refractivity contribution in [1.82, 2.24) is 24.3 Å². The number of nitrogen functional groups attached to an aromatic ring is 1. The summed E-state index contributed by atoms with van der Waals surface area (Å²) >= 11 is 0. The first-order chi connectivity index (χ1) is 17.4. The molecule has 0 unspecified atom stereocenters. The number of aromatic nitrogens is 5. The van der Waals surface area contributed by atoms with Gasteiger partial charge in [-0.15, -0.1) is 0 Å². The van der Waals surface area contributed by atoms with E-state index in [1.54, 1.807) is 30.6 Å². The number of nitriles is 1. The fourth-order valence-electron chi connectivity index (χ4n) is 4.15. The van der Waals surface area contributed by atoms with Crippen molar-refractivity contribution in [3.05, 3.63) is 101 Å². The van der Waals surface area contributed by atoms with Gasteiger partial charge in [-0.25, -0.2) is 14.6 Å². The maximum absolute atomic E-state index is 10.0. The molecule has 8 heteroatoms.